The van der Waals surface area contributed by atoms with Crippen LogP contribution in [0.15, 0.2) is 0 Å². The van der Waals surface area contributed by atoms with Crippen molar-refractivity contribution in [2.24, 2.45) is 44.8 Å². The Morgan fingerprint density at radius 3 is 1.17 bits per heavy atom. The van der Waals surface area contributed by atoms with Crippen molar-refractivity contribution in [2.75, 3.05) is 230 Å². The molecule has 11 aliphatic rings. The molecule has 0 aromatic rings. The Kier molecular flexibility index (Phi) is 53.5. The lowest BCUT2D eigenvalue weighted by Crippen LogP contribution is -2.54. The van der Waals surface area contributed by atoms with Gasteiger partial charge < -0.3 is 69.7 Å². The highest BCUT2D eigenvalue weighted by molar-refractivity contribution is 5.81. The van der Waals surface area contributed by atoms with Crippen LogP contribution in [0.2, 0.25) is 0 Å². The van der Waals surface area contributed by atoms with E-state index >= 15 is 0 Å². The van der Waals surface area contributed by atoms with Gasteiger partial charge in [-0.15, -0.1) is 0 Å². The number of amides is 9. The third-order valence-corrected chi connectivity index (χ3v) is 28.0. The molecule has 0 unspecified atom stereocenters. The van der Waals surface area contributed by atoms with Crippen molar-refractivity contribution in [3.05, 3.63) is 0 Å². The number of nitrogens with zero attached hydrogens (tertiary/aromatic N) is 17. The van der Waals surface area contributed by atoms with E-state index in [1.165, 1.54) is 0 Å². The summed E-state index contributed by atoms with van der Waals surface area (Å²) in [6.45, 7) is 67.9. The van der Waals surface area contributed by atoms with E-state index in [9.17, 15) is 51.9 Å². The van der Waals surface area contributed by atoms with Gasteiger partial charge in [-0.2, -0.15) is 15.8 Å². The Hall–Kier alpha value is -6.80. The van der Waals surface area contributed by atoms with Gasteiger partial charge in [-0.25, -0.2) is 8.78 Å². The van der Waals surface area contributed by atoms with Crippen LogP contribution < -0.4 is 16.0 Å². The van der Waals surface area contributed by atoms with Crippen molar-refractivity contribution >= 4 is 53.2 Å². The first-order valence-electron chi connectivity index (χ1n) is 53.1. The van der Waals surface area contributed by atoms with Gasteiger partial charge in [0.25, 0.3) is 5.92 Å². The SMILES string of the molecule is CC(=O)N1CCC(N2CCNC(=O)C2)CC1.CC(C)(C)CC(=O)N1CCC(N2CCC(C#N)CC2)CC1.CC(C)(C)CC(=O)N1CCC(NCC(C)(F)F)CC1.CC(C)(C)CC(=O)N1CCN(CCN2CCOCC2)CC1.CC(C)CC(=O)N1CCC(N(C)CCCC#N)CC1.CC(C)CC(=O)N1CCC(NCC(C)(C)C#N)CC1.CN(CC(=O)N1CCCC1)C1CCN(C(=O)CC(C)(C)C)CC1. The number of piperidine rings is 7. The van der Waals surface area contributed by atoms with Crippen molar-refractivity contribution in [1.29, 1.82) is 15.8 Å². The van der Waals surface area contributed by atoms with Crippen LogP contribution in [0.5, 0.6) is 0 Å². The molecule has 0 aromatic carbocycles. The van der Waals surface area contributed by atoms with E-state index in [-0.39, 0.29) is 81.0 Å². The van der Waals surface area contributed by atoms with Gasteiger partial charge >= 0.3 is 0 Å². The molecule has 9 amide bonds. The summed E-state index contributed by atoms with van der Waals surface area (Å²) in [5.74, 6) is 0.670. The Bertz CT molecular complexity index is 3710. The first-order valence-corrected chi connectivity index (χ1v) is 53.1. The predicted molar refractivity (Wildman–Crippen MR) is 545 cm³/mol. The number of alkyl halides is 2. The first kappa shape index (κ1) is 122. The third-order valence-electron chi connectivity index (χ3n) is 28.0. The molecule has 11 aliphatic heterocycles. The molecular weight excluding hydrogens is 1750 g/mol. The van der Waals surface area contributed by atoms with Crippen molar-refractivity contribution < 1.29 is 56.7 Å². The summed E-state index contributed by atoms with van der Waals surface area (Å²) in [4.78, 5) is 137. The van der Waals surface area contributed by atoms with E-state index in [0.717, 1.165) is 293 Å². The standard InChI is InChI=1S/C18H33N3O2.C17H29N3O.C16H31N3O2.2C15H27N3O.C14H26F2N2O.C11H19N3O2/c1-18(2,3)13-16(22)21-11-7-15(8-12-21)19(4)14-17(23)20-9-5-6-10-20;1-17(2,3)12-16(21)20-10-6-15(7-11-20)19-8-4-14(13-18)5-9-19;1-16(2,3)14-15(20)19-8-6-17(7-9-19)4-5-18-10-12-21-13-11-18;1-12(2)9-14(19)18-7-5-13(6-8-18)17-11-15(3,4)10-16;1-13(2)12-15(19)18-10-6-14(7-11-18)17(3)9-5-4-8-16;1-13(2,3)9-12(19)18-7-5-11(6-8-18)17-10-14(4,15)16;1-9(15)13-5-2-10(3-6-13)14-7-4-12-11(16)8-14/h15H,5-14H2,1-4H3;14-15H,4-12H2,1-3H3;4-14H2,1-3H3;12-13,17H,5-9,11H2,1-4H3;13-14H,4-7,9-12H2,1-3H3;11,17H,5-10H2,1-4H3;10H,2-8H2,1H3,(H,12,16). The number of unbranched alkanes of at least 4 members (excludes halogenated alkanes) is 1. The Balaban J connectivity index is 0.000000285. The van der Waals surface area contributed by atoms with Gasteiger partial charge in [0.15, 0.2) is 0 Å². The van der Waals surface area contributed by atoms with E-state index in [0.29, 0.717) is 137 Å². The van der Waals surface area contributed by atoms with Gasteiger partial charge in [0.2, 0.25) is 53.2 Å². The zero-order valence-corrected chi connectivity index (χ0v) is 90.4. The molecule has 30 nitrogen and oxygen atoms in total. The Morgan fingerprint density at radius 2 is 0.797 bits per heavy atom. The number of carbonyl (C=O) groups excluding carboxylic acids is 9. The molecule has 11 fully saturated rings. The van der Waals surface area contributed by atoms with Crippen LogP contribution in [-0.2, 0) is 47.9 Å². The fourth-order valence-corrected chi connectivity index (χ4v) is 19.5. The number of nitrogens with one attached hydrogen (secondary N) is 3. The molecule has 3 N–H and O–H groups in total. The molecule has 11 saturated heterocycles. The summed E-state index contributed by atoms with van der Waals surface area (Å²) in [6.07, 6.45) is 21.4. The van der Waals surface area contributed by atoms with Crippen molar-refractivity contribution in [3.63, 3.8) is 0 Å². The predicted octanol–water partition coefficient (Wildman–Crippen LogP) is 12.0. The second kappa shape index (κ2) is 60.7. The highest BCUT2D eigenvalue weighted by Crippen LogP contribution is 2.31. The molecule has 790 valence electrons. The van der Waals surface area contributed by atoms with Crippen LogP contribution >= 0.6 is 0 Å². The van der Waals surface area contributed by atoms with Gasteiger partial charge in [0.05, 0.1) is 56.5 Å². The molecule has 0 bridgehead atoms. The zero-order chi connectivity index (χ0) is 103. The van der Waals surface area contributed by atoms with Gasteiger partial charge in [-0.05, 0) is 190 Å². The highest BCUT2D eigenvalue weighted by Gasteiger charge is 2.37. The van der Waals surface area contributed by atoms with E-state index < -0.39 is 5.92 Å². The number of likely N-dealkylation sites (tertiary alicyclic amines) is 8. The van der Waals surface area contributed by atoms with Crippen molar-refractivity contribution in [2.45, 2.75) is 335 Å². The van der Waals surface area contributed by atoms with Crippen LogP contribution in [0, 0.1) is 78.8 Å². The number of piperazine rings is 2. The minimum Gasteiger partial charge on any atom is -0.379 e. The third kappa shape index (κ3) is 50.4. The van der Waals surface area contributed by atoms with Gasteiger partial charge in [0, 0.05) is 265 Å². The Labute approximate surface area is 833 Å². The van der Waals surface area contributed by atoms with Crippen LogP contribution in [0.1, 0.15) is 293 Å². The number of rotatable bonds is 26. The maximum atomic E-state index is 12.7. The van der Waals surface area contributed by atoms with Crippen molar-refractivity contribution in [1.82, 2.24) is 84.5 Å². The second-order valence-electron chi connectivity index (χ2n) is 47.5. The highest BCUT2D eigenvalue weighted by atomic mass is 19.3. The topological polar surface area (TPSA) is 316 Å². The average molecular weight is 1940 g/mol. The monoisotopic (exact) mass is 1940 g/mol. The number of likely N-dealkylation sites (N-methyl/N-ethyl adjacent to an activating group) is 1. The largest absolute Gasteiger partial charge is 0.379 e. The molecule has 0 aromatic heterocycles. The smallest absolute Gasteiger partial charge is 0.257 e. The molecule has 0 aliphatic carbocycles. The summed E-state index contributed by atoms with van der Waals surface area (Å²) < 4.78 is 30.9. The summed E-state index contributed by atoms with van der Waals surface area (Å²) in [5.41, 5.74) is -0.106. The number of morpholine rings is 1. The Morgan fingerprint density at radius 1 is 0.435 bits per heavy atom. The fourth-order valence-electron chi connectivity index (χ4n) is 19.5. The van der Waals surface area contributed by atoms with Gasteiger partial charge in [0.1, 0.15) is 0 Å². The van der Waals surface area contributed by atoms with Crippen LogP contribution in [-0.4, -0.2) is 394 Å². The molecule has 0 atom stereocenters. The molecular formula is C106H192F2N20O10. The summed E-state index contributed by atoms with van der Waals surface area (Å²) in [7, 11) is 4.18. The maximum absolute atomic E-state index is 12.7. The summed E-state index contributed by atoms with van der Waals surface area (Å²) in [6, 6.07) is 9.50. The van der Waals surface area contributed by atoms with Gasteiger partial charge in [-0.3, -0.25) is 62.8 Å². The van der Waals surface area contributed by atoms with E-state index in [1.807, 2.05) is 80.9 Å². The number of ether oxygens (including phenoxy) is 1. The first-order chi connectivity index (χ1) is 64.7. The molecule has 32 heteroatoms. The zero-order valence-electron chi connectivity index (χ0n) is 90.4. The quantitative estimate of drug-likeness (QED) is 0.0678. The van der Waals surface area contributed by atoms with E-state index in [4.69, 9.17) is 20.5 Å². The van der Waals surface area contributed by atoms with E-state index in [2.05, 4.69) is 161 Å². The summed E-state index contributed by atoms with van der Waals surface area (Å²) in [5, 5.41) is 35.7. The number of hydrogen-bond donors (Lipinski definition) is 3. The molecule has 11 heterocycles. The molecule has 0 spiro atoms. The molecule has 0 radical (unpaired) electrons. The van der Waals surface area contributed by atoms with E-state index in [1.54, 1.807) is 6.92 Å². The lowest BCUT2D eigenvalue weighted by Gasteiger charge is -2.41. The normalized spacial score (nSPS) is 20.5. The average Bonchev–Trinajstić information content (AvgIpc) is 0.877. The van der Waals surface area contributed by atoms with Gasteiger partial charge in [-0.1, -0.05) is 111 Å². The second-order valence-corrected chi connectivity index (χ2v) is 47.5. The summed E-state index contributed by atoms with van der Waals surface area (Å²) >= 11 is 0. The fraction of sp³-hybridized carbons (Fsp3) is 0.887. The molecule has 0 saturated carbocycles. The molecule has 11 rings (SSSR count). The van der Waals surface area contributed by atoms with Crippen molar-refractivity contribution in [3.8, 4) is 18.2 Å². The maximum Gasteiger partial charge on any atom is 0.257 e. The number of halogens is 2. The van der Waals surface area contributed by atoms with Crippen LogP contribution in [0.25, 0.3) is 0 Å². The minimum atomic E-state index is -2.67. The van der Waals surface area contributed by atoms with Crippen LogP contribution in [0.4, 0.5) is 8.78 Å². The number of nitriles is 3. The lowest BCUT2D eigenvalue weighted by molar-refractivity contribution is -0.136. The minimum absolute atomic E-state index is 0.00352. The number of hydrogen-bond acceptors (Lipinski definition) is 21. The lowest BCUT2D eigenvalue weighted by atomic mass is 9.90. The number of carbonyl (C=O) groups is 9. The van der Waals surface area contributed by atoms with Crippen LogP contribution in [0.3, 0.4) is 0 Å². The molecule has 138 heavy (non-hydrogen) atoms.